The summed E-state index contributed by atoms with van der Waals surface area (Å²) in [7, 11) is -4.83. The Bertz CT molecular complexity index is 1020. The van der Waals surface area contributed by atoms with Gasteiger partial charge in [0.25, 0.3) is 0 Å². The van der Waals surface area contributed by atoms with Crippen LogP contribution in [0.2, 0.25) is 36.3 Å². The molecule has 0 aromatic carbocycles. The van der Waals surface area contributed by atoms with Gasteiger partial charge >= 0.3 is 5.69 Å². The lowest BCUT2D eigenvalue weighted by atomic mass is 9.97. The van der Waals surface area contributed by atoms with Crippen LogP contribution in [-0.2, 0) is 13.6 Å². The second-order valence-electron chi connectivity index (χ2n) is 12.3. The SMILES string of the molecule is CC(C)(C)[Si](C)(C)OCC1(CN=[N+]=[N-])O[C@@H](n2ccc(N)nc2=O)[C@H](F)C1O[Si](C)(C)C(C)(C)C. The summed E-state index contributed by atoms with van der Waals surface area (Å²) in [5.74, 6) is 0.0235. The molecule has 0 saturated carbocycles. The number of aromatic nitrogens is 2. The molecule has 0 spiro atoms. The van der Waals surface area contributed by atoms with Gasteiger partial charge in [0, 0.05) is 11.1 Å². The van der Waals surface area contributed by atoms with Crippen LogP contribution in [0.15, 0.2) is 22.2 Å². The number of anilines is 1. The molecule has 2 rings (SSSR count). The van der Waals surface area contributed by atoms with Crippen molar-refractivity contribution in [2.75, 3.05) is 18.9 Å². The number of hydrogen-bond donors (Lipinski definition) is 1. The van der Waals surface area contributed by atoms with Crippen LogP contribution in [0.5, 0.6) is 0 Å². The van der Waals surface area contributed by atoms with E-state index in [1.807, 2.05) is 13.1 Å². The fraction of sp³-hybridized carbons (Fsp3) is 0.818. The number of halogens is 1. The number of azide groups is 1. The quantitative estimate of drug-likeness (QED) is 0.214. The van der Waals surface area contributed by atoms with Gasteiger partial charge in [-0.05, 0) is 47.9 Å². The molecule has 2 unspecified atom stereocenters. The lowest BCUT2D eigenvalue weighted by molar-refractivity contribution is -0.117. The second-order valence-corrected chi connectivity index (χ2v) is 21.9. The minimum Gasteiger partial charge on any atom is -0.414 e. The van der Waals surface area contributed by atoms with E-state index in [-0.39, 0.29) is 29.0 Å². The molecule has 0 aliphatic carbocycles. The molecule has 1 aromatic rings. The van der Waals surface area contributed by atoms with Gasteiger partial charge in [-0.15, -0.1) is 0 Å². The molecule has 1 aromatic heterocycles. The third-order valence-corrected chi connectivity index (χ3v) is 16.6. The van der Waals surface area contributed by atoms with Gasteiger partial charge in [-0.3, -0.25) is 4.57 Å². The number of nitrogens with two attached hydrogens (primary N) is 1. The summed E-state index contributed by atoms with van der Waals surface area (Å²) in [6.45, 7) is 20.4. The summed E-state index contributed by atoms with van der Waals surface area (Å²) in [4.78, 5) is 19.2. The minimum absolute atomic E-state index is 0.0235. The first-order chi connectivity index (χ1) is 15.8. The van der Waals surface area contributed by atoms with Crippen molar-refractivity contribution in [1.82, 2.24) is 9.55 Å². The molecule has 2 N–H and O–H groups in total. The molecule has 13 heteroatoms. The zero-order chi connectivity index (χ0) is 27.0. The highest BCUT2D eigenvalue weighted by Crippen LogP contribution is 2.47. The predicted octanol–water partition coefficient (Wildman–Crippen LogP) is 5.15. The van der Waals surface area contributed by atoms with Crippen LogP contribution in [-0.4, -0.2) is 57.2 Å². The average molecular weight is 529 g/mol. The second kappa shape index (κ2) is 9.94. The van der Waals surface area contributed by atoms with Crippen LogP contribution < -0.4 is 11.4 Å². The Labute approximate surface area is 209 Å². The van der Waals surface area contributed by atoms with Gasteiger partial charge in [-0.25, -0.2) is 9.18 Å². The Morgan fingerprint density at radius 2 is 1.80 bits per heavy atom. The molecular formula is C22H41FN6O4Si2. The molecule has 4 atom stereocenters. The van der Waals surface area contributed by atoms with E-state index in [9.17, 15) is 4.79 Å². The summed E-state index contributed by atoms with van der Waals surface area (Å²) >= 11 is 0. The van der Waals surface area contributed by atoms with Crippen LogP contribution in [0, 0.1) is 0 Å². The number of nitrogen functional groups attached to an aromatic ring is 1. The highest BCUT2D eigenvalue weighted by Gasteiger charge is 2.60. The first-order valence-corrected chi connectivity index (χ1v) is 17.6. The van der Waals surface area contributed by atoms with E-state index in [2.05, 4.69) is 69.6 Å². The van der Waals surface area contributed by atoms with Crippen molar-refractivity contribution < 1.29 is 18.0 Å². The lowest BCUT2D eigenvalue weighted by Gasteiger charge is -2.44. The van der Waals surface area contributed by atoms with E-state index < -0.39 is 46.4 Å². The van der Waals surface area contributed by atoms with Crippen LogP contribution >= 0.6 is 0 Å². The summed E-state index contributed by atoms with van der Waals surface area (Å²) in [5.41, 5.74) is 12.6. The average Bonchev–Trinajstić information content (AvgIpc) is 2.95. The van der Waals surface area contributed by atoms with E-state index in [4.69, 9.17) is 24.9 Å². The van der Waals surface area contributed by atoms with E-state index in [0.29, 0.717) is 0 Å². The molecule has 1 saturated heterocycles. The van der Waals surface area contributed by atoms with Crippen LogP contribution in [0.1, 0.15) is 47.8 Å². The predicted molar refractivity (Wildman–Crippen MR) is 140 cm³/mol. The van der Waals surface area contributed by atoms with Crippen molar-refractivity contribution in [3.05, 3.63) is 33.2 Å². The molecule has 0 radical (unpaired) electrons. The topological polar surface area (TPSA) is 137 Å². The van der Waals surface area contributed by atoms with E-state index in [1.165, 1.54) is 12.3 Å². The molecule has 0 bridgehead atoms. The van der Waals surface area contributed by atoms with Crippen molar-refractivity contribution >= 4 is 22.5 Å². The Kier molecular flexibility index (Phi) is 8.37. The molecule has 1 fully saturated rings. The van der Waals surface area contributed by atoms with Gasteiger partial charge in [0.2, 0.25) is 0 Å². The van der Waals surface area contributed by atoms with Crippen LogP contribution in [0.3, 0.4) is 0 Å². The molecule has 1 aliphatic heterocycles. The number of alkyl halides is 1. The Hall–Kier alpha value is -1.77. The van der Waals surface area contributed by atoms with Crippen molar-refractivity contribution in [1.29, 1.82) is 0 Å². The van der Waals surface area contributed by atoms with Crippen molar-refractivity contribution in [2.24, 2.45) is 5.11 Å². The summed E-state index contributed by atoms with van der Waals surface area (Å²) in [5, 5.41) is 3.42. The van der Waals surface area contributed by atoms with E-state index in [1.54, 1.807) is 0 Å². The first kappa shape index (κ1) is 29.5. The highest BCUT2D eigenvalue weighted by molar-refractivity contribution is 6.74. The largest absolute Gasteiger partial charge is 0.414 e. The maximum atomic E-state index is 16.3. The monoisotopic (exact) mass is 528 g/mol. The van der Waals surface area contributed by atoms with Gasteiger partial charge in [-0.1, -0.05) is 46.7 Å². The summed E-state index contributed by atoms with van der Waals surface area (Å²) in [6.07, 6.45) is -2.87. The molecule has 10 nitrogen and oxygen atoms in total. The fourth-order valence-corrected chi connectivity index (χ4v) is 5.64. The van der Waals surface area contributed by atoms with Crippen LogP contribution in [0.25, 0.3) is 10.4 Å². The standard InChI is InChI=1S/C22H41FN6O4Si2/c1-20(2,3)34(7,8)31-14-22(13-26-28-25)17(33-35(9,10)21(4,5)6)16(23)18(32-22)29-12-11-15(24)27-19(29)30/h11-12,16-18H,13-14H2,1-10H3,(H2,24,27,30)/t16-,17?,18-,22?/m1/s1. The van der Waals surface area contributed by atoms with Crippen molar-refractivity contribution in [3.8, 4) is 0 Å². The third kappa shape index (κ3) is 6.15. The maximum absolute atomic E-state index is 16.3. The molecule has 35 heavy (non-hydrogen) atoms. The minimum atomic E-state index is -2.53. The molecule has 0 amide bonds. The molecule has 2 heterocycles. The van der Waals surface area contributed by atoms with Crippen molar-refractivity contribution in [2.45, 2.75) is 102 Å². The fourth-order valence-electron chi connectivity index (χ4n) is 3.27. The van der Waals surface area contributed by atoms with Gasteiger partial charge in [0.15, 0.2) is 29.0 Å². The summed E-state index contributed by atoms with van der Waals surface area (Å²) < 4.78 is 36.7. The molecule has 198 valence electrons. The van der Waals surface area contributed by atoms with Crippen molar-refractivity contribution in [3.63, 3.8) is 0 Å². The van der Waals surface area contributed by atoms with E-state index >= 15 is 4.39 Å². The number of hydrogen-bond acceptors (Lipinski definition) is 7. The smallest absolute Gasteiger partial charge is 0.351 e. The van der Waals surface area contributed by atoms with Gasteiger partial charge < -0.3 is 19.3 Å². The van der Waals surface area contributed by atoms with Gasteiger partial charge in [0.05, 0.1) is 13.2 Å². The third-order valence-electron chi connectivity index (χ3n) is 7.67. The van der Waals surface area contributed by atoms with Crippen LogP contribution in [0.4, 0.5) is 10.2 Å². The number of nitrogens with zero attached hydrogens (tertiary/aromatic N) is 5. The maximum Gasteiger partial charge on any atom is 0.351 e. The number of rotatable bonds is 8. The summed E-state index contributed by atoms with van der Waals surface area (Å²) in [6, 6.07) is 1.40. The Morgan fingerprint density at radius 3 is 2.29 bits per heavy atom. The molecule has 1 aliphatic rings. The highest BCUT2D eigenvalue weighted by atomic mass is 28.4. The molecular weight excluding hydrogens is 487 g/mol. The first-order valence-electron chi connectivity index (χ1n) is 11.8. The van der Waals surface area contributed by atoms with Gasteiger partial charge in [0.1, 0.15) is 17.5 Å². The number of ether oxygens (including phenoxy) is 1. The zero-order valence-corrected chi connectivity index (χ0v) is 24.6. The van der Waals surface area contributed by atoms with Gasteiger partial charge in [-0.2, -0.15) is 4.98 Å². The van der Waals surface area contributed by atoms with E-state index in [0.717, 1.165) is 4.57 Å². The Morgan fingerprint density at radius 1 is 1.23 bits per heavy atom. The Balaban J connectivity index is 2.63. The lowest BCUT2D eigenvalue weighted by Crippen LogP contribution is -2.58. The normalized spacial score (nSPS) is 26.0. The zero-order valence-electron chi connectivity index (χ0n) is 22.6.